The second kappa shape index (κ2) is 7.14. The number of aliphatic hydroxyl groups is 4. The molecule has 0 atom stereocenters. The Labute approximate surface area is 102 Å². The van der Waals surface area contributed by atoms with Crippen molar-refractivity contribution in [2.24, 2.45) is 5.41 Å². The molecule has 0 saturated carbocycles. The molecule has 5 heteroatoms. The van der Waals surface area contributed by atoms with Crippen molar-refractivity contribution in [3.05, 3.63) is 0 Å². The quantitative estimate of drug-likeness (QED) is 0.351. The predicted molar refractivity (Wildman–Crippen MR) is 37.9 cm³/mol. The summed E-state index contributed by atoms with van der Waals surface area (Å²) < 4.78 is 0. The van der Waals surface area contributed by atoms with E-state index in [4.69, 9.17) is 20.4 Å². The van der Waals surface area contributed by atoms with E-state index in [0.29, 0.717) is 0 Å². The molecule has 0 aliphatic rings. The molecule has 4 nitrogen and oxygen atoms in total. The summed E-state index contributed by atoms with van der Waals surface area (Å²) in [5.74, 6) is 0. The molecular weight excluding hydrogens is 163 g/mol. The molecule has 10 heavy (non-hydrogen) atoms. The predicted octanol–water partition coefficient (Wildman–Crippen LogP) is -2.71. The van der Waals surface area contributed by atoms with Gasteiger partial charge >= 0.3 is 51.4 Å². The van der Waals surface area contributed by atoms with Gasteiger partial charge in [-0.1, -0.05) is 0 Å². The second-order valence-electron chi connectivity index (χ2n) is 2.13. The van der Waals surface area contributed by atoms with Crippen LogP contribution in [-0.2, 0) is 0 Å². The molecule has 0 aliphatic heterocycles. The zero-order valence-electron chi connectivity index (χ0n) is 5.12. The SMILES string of the molecule is OCC(CO)(CO)CO.[KH]. The molecule has 0 fully saturated rings. The van der Waals surface area contributed by atoms with Gasteiger partial charge < -0.3 is 20.4 Å². The van der Waals surface area contributed by atoms with Gasteiger partial charge in [0.15, 0.2) is 0 Å². The van der Waals surface area contributed by atoms with E-state index in [1.807, 2.05) is 0 Å². The van der Waals surface area contributed by atoms with Crippen LogP contribution in [0.3, 0.4) is 0 Å². The maximum atomic E-state index is 8.50. The van der Waals surface area contributed by atoms with Crippen LogP contribution in [0.25, 0.3) is 0 Å². The van der Waals surface area contributed by atoms with Crippen molar-refractivity contribution < 1.29 is 20.4 Å². The van der Waals surface area contributed by atoms with Gasteiger partial charge in [0.1, 0.15) is 0 Å². The Morgan fingerprint density at radius 2 is 0.900 bits per heavy atom. The molecule has 0 aliphatic carbocycles. The first-order chi connectivity index (χ1) is 4.24. The fraction of sp³-hybridized carbons (Fsp3) is 1.00. The number of hydrogen-bond acceptors (Lipinski definition) is 4. The first kappa shape index (κ1) is 14.0. The summed E-state index contributed by atoms with van der Waals surface area (Å²) in [6.45, 7) is -1.62. The van der Waals surface area contributed by atoms with Gasteiger partial charge in [-0.15, -0.1) is 0 Å². The third-order valence-corrected chi connectivity index (χ3v) is 1.34. The summed E-state index contributed by atoms with van der Waals surface area (Å²) in [5, 5.41) is 34.0. The number of hydrogen-bond donors (Lipinski definition) is 4. The maximum absolute atomic E-state index is 8.50. The van der Waals surface area contributed by atoms with Crippen LogP contribution in [0, 0.1) is 5.41 Å². The summed E-state index contributed by atoms with van der Waals surface area (Å²) in [4.78, 5) is 0. The van der Waals surface area contributed by atoms with Gasteiger partial charge in [0.25, 0.3) is 0 Å². The molecule has 0 bridgehead atoms. The van der Waals surface area contributed by atoms with Crippen molar-refractivity contribution in [3.63, 3.8) is 0 Å². The fourth-order valence-corrected chi connectivity index (χ4v) is 0.300. The van der Waals surface area contributed by atoms with Gasteiger partial charge in [0.2, 0.25) is 0 Å². The average Bonchev–Trinajstić information content (AvgIpc) is 1.95. The van der Waals surface area contributed by atoms with Gasteiger partial charge in [-0.25, -0.2) is 0 Å². The van der Waals surface area contributed by atoms with Crippen LogP contribution in [-0.4, -0.2) is 98.2 Å². The summed E-state index contributed by atoms with van der Waals surface area (Å²) in [6.07, 6.45) is 0. The Kier molecular flexibility index (Phi) is 10.0. The van der Waals surface area contributed by atoms with Crippen molar-refractivity contribution in [3.8, 4) is 0 Å². The average molecular weight is 176 g/mol. The van der Waals surface area contributed by atoms with Crippen molar-refractivity contribution >= 4 is 51.4 Å². The molecule has 0 spiro atoms. The normalized spacial score (nSPS) is 10.8. The van der Waals surface area contributed by atoms with Crippen molar-refractivity contribution in [1.29, 1.82) is 0 Å². The molecule has 0 saturated heterocycles. The molecule has 0 rings (SSSR count). The minimum absolute atomic E-state index is 0. The standard InChI is InChI=1S/C5H12O4.K.H/c6-1-5(2-7,3-8)4-9;;/h6-9H,1-4H2;;. The fourth-order valence-electron chi connectivity index (χ4n) is 0.300. The minimum atomic E-state index is -1.11. The molecule has 0 heterocycles. The van der Waals surface area contributed by atoms with Crippen molar-refractivity contribution in [2.75, 3.05) is 26.4 Å². The van der Waals surface area contributed by atoms with E-state index in [1.54, 1.807) is 0 Å². The van der Waals surface area contributed by atoms with E-state index in [9.17, 15) is 0 Å². The van der Waals surface area contributed by atoms with Crippen LogP contribution < -0.4 is 0 Å². The Hall–Kier alpha value is 1.48. The molecular formula is C5H13KO4. The number of aliphatic hydroxyl groups excluding tert-OH is 4. The van der Waals surface area contributed by atoms with Crippen molar-refractivity contribution in [2.45, 2.75) is 0 Å². The Morgan fingerprint density at radius 3 is 0.900 bits per heavy atom. The third kappa shape index (κ3) is 3.75. The molecule has 0 radical (unpaired) electrons. The summed E-state index contributed by atoms with van der Waals surface area (Å²) >= 11 is 0. The van der Waals surface area contributed by atoms with Gasteiger partial charge in [0, 0.05) is 0 Å². The van der Waals surface area contributed by atoms with Crippen LogP contribution in [0.2, 0.25) is 0 Å². The molecule has 0 unspecified atom stereocenters. The summed E-state index contributed by atoms with van der Waals surface area (Å²) in [6, 6.07) is 0. The van der Waals surface area contributed by atoms with E-state index in [1.165, 1.54) is 0 Å². The zero-order valence-corrected chi connectivity index (χ0v) is 5.12. The topological polar surface area (TPSA) is 80.9 Å². The number of rotatable bonds is 4. The monoisotopic (exact) mass is 176 g/mol. The van der Waals surface area contributed by atoms with Crippen molar-refractivity contribution in [1.82, 2.24) is 0 Å². The molecule has 0 aromatic rings. The first-order valence-corrected chi connectivity index (χ1v) is 2.68. The molecule has 4 N–H and O–H groups in total. The Morgan fingerprint density at radius 1 is 0.700 bits per heavy atom. The Balaban J connectivity index is 0. The molecule has 0 aromatic carbocycles. The van der Waals surface area contributed by atoms with E-state index >= 15 is 0 Å². The molecule has 58 valence electrons. The van der Waals surface area contributed by atoms with Crippen LogP contribution in [0.1, 0.15) is 0 Å². The zero-order chi connectivity index (χ0) is 7.33. The first-order valence-electron chi connectivity index (χ1n) is 2.68. The van der Waals surface area contributed by atoms with E-state index in [0.717, 1.165) is 0 Å². The van der Waals surface area contributed by atoms with Gasteiger partial charge in [-0.3, -0.25) is 0 Å². The third-order valence-electron chi connectivity index (χ3n) is 1.34. The van der Waals surface area contributed by atoms with Crippen LogP contribution in [0.15, 0.2) is 0 Å². The second-order valence-corrected chi connectivity index (χ2v) is 2.13. The van der Waals surface area contributed by atoms with E-state index < -0.39 is 31.8 Å². The van der Waals surface area contributed by atoms with Gasteiger partial charge in [-0.2, -0.15) is 0 Å². The van der Waals surface area contributed by atoms with Gasteiger partial charge in [0.05, 0.1) is 31.8 Å². The van der Waals surface area contributed by atoms with Crippen LogP contribution in [0.4, 0.5) is 0 Å². The molecule has 0 aromatic heterocycles. The van der Waals surface area contributed by atoms with E-state index in [2.05, 4.69) is 0 Å². The van der Waals surface area contributed by atoms with Gasteiger partial charge in [-0.05, 0) is 0 Å². The molecule has 0 amide bonds. The van der Waals surface area contributed by atoms with Crippen LogP contribution >= 0.6 is 0 Å². The summed E-state index contributed by atoms with van der Waals surface area (Å²) in [7, 11) is 0. The van der Waals surface area contributed by atoms with E-state index in [-0.39, 0.29) is 51.4 Å². The van der Waals surface area contributed by atoms with Crippen LogP contribution in [0.5, 0.6) is 0 Å². The summed E-state index contributed by atoms with van der Waals surface area (Å²) in [5.41, 5.74) is -1.11. The Bertz CT molecular complexity index is 56.5.